The number of quaternary nitrogens is 1. The number of hydrogen-bond acceptors (Lipinski definition) is 3. The summed E-state index contributed by atoms with van der Waals surface area (Å²) in [5, 5.41) is 0. The molecule has 0 aromatic heterocycles. The maximum Gasteiger partial charge on any atom is 0.246 e. The summed E-state index contributed by atoms with van der Waals surface area (Å²) in [5.74, 6) is 1.35. The largest absolute Gasteiger partial charge is 0.493 e. The molecule has 0 radical (unpaired) electrons. The molecule has 0 spiro atoms. The Bertz CT molecular complexity index is 899. The maximum absolute atomic E-state index is 12.6. The summed E-state index contributed by atoms with van der Waals surface area (Å²) in [6.07, 6.45) is 5.16. The van der Waals surface area contributed by atoms with Crippen molar-refractivity contribution < 1.29 is 19.2 Å². The first-order valence-corrected chi connectivity index (χ1v) is 10.4. The van der Waals surface area contributed by atoms with Crippen LogP contribution < -0.4 is 14.4 Å². The van der Waals surface area contributed by atoms with E-state index in [0.717, 1.165) is 38.3 Å². The standard InChI is InChI=1S/C25H30N2O3/c1-4-17-30-23-11-9-21(18-24(23)29-3)10-12-25(28)27-15-13-26(14-16-27)19-22-8-6-5-7-20(22)2/h4-12,18H,1,13-17,19H2,2-3H3/p+1/b12-10+. The molecule has 0 unspecified atom stereocenters. The van der Waals surface area contributed by atoms with E-state index in [1.165, 1.54) is 16.0 Å². The van der Waals surface area contributed by atoms with Gasteiger partial charge in [0.2, 0.25) is 5.91 Å². The Morgan fingerprint density at radius 1 is 1.17 bits per heavy atom. The predicted octanol–water partition coefficient (Wildman–Crippen LogP) is 2.51. The zero-order valence-corrected chi connectivity index (χ0v) is 17.9. The first kappa shape index (κ1) is 21.7. The minimum Gasteiger partial charge on any atom is -0.493 e. The Balaban J connectivity index is 1.53. The molecule has 1 saturated heterocycles. The maximum atomic E-state index is 12.6. The van der Waals surface area contributed by atoms with E-state index in [0.29, 0.717) is 18.1 Å². The molecule has 1 fully saturated rings. The first-order chi connectivity index (χ1) is 14.6. The highest BCUT2D eigenvalue weighted by molar-refractivity contribution is 5.91. The highest BCUT2D eigenvalue weighted by Gasteiger charge is 2.22. The van der Waals surface area contributed by atoms with Gasteiger partial charge < -0.3 is 19.3 Å². The quantitative estimate of drug-likeness (QED) is 0.540. The van der Waals surface area contributed by atoms with Gasteiger partial charge in [-0.2, -0.15) is 0 Å². The number of piperazine rings is 1. The molecule has 30 heavy (non-hydrogen) atoms. The Kier molecular flexibility index (Phi) is 7.69. The van der Waals surface area contributed by atoms with Gasteiger partial charge in [-0.25, -0.2) is 0 Å². The Hall–Kier alpha value is -3.05. The van der Waals surface area contributed by atoms with E-state index < -0.39 is 0 Å². The summed E-state index contributed by atoms with van der Waals surface area (Å²) in [5.41, 5.74) is 3.62. The lowest BCUT2D eigenvalue weighted by Crippen LogP contribution is -3.13. The molecule has 1 heterocycles. The molecule has 0 bridgehead atoms. The van der Waals surface area contributed by atoms with Crippen molar-refractivity contribution in [3.05, 3.63) is 77.9 Å². The van der Waals surface area contributed by atoms with Crippen molar-refractivity contribution in [3.8, 4) is 11.5 Å². The number of carbonyl (C=O) groups is 1. The molecule has 5 heteroatoms. The monoisotopic (exact) mass is 407 g/mol. The van der Waals surface area contributed by atoms with Crippen molar-refractivity contribution in [1.29, 1.82) is 0 Å². The van der Waals surface area contributed by atoms with Crippen LogP contribution in [0.5, 0.6) is 11.5 Å². The molecule has 2 aromatic rings. The van der Waals surface area contributed by atoms with Gasteiger partial charge in [0.15, 0.2) is 11.5 Å². The summed E-state index contributed by atoms with van der Waals surface area (Å²) < 4.78 is 11.0. The third kappa shape index (κ3) is 5.74. The molecule has 1 aliphatic heterocycles. The zero-order valence-electron chi connectivity index (χ0n) is 17.9. The second-order valence-corrected chi connectivity index (χ2v) is 7.52. The fourth-order valence-electron chi connectivity index (χ4n) is 3.63. The van der Waals surface area contributed by atoms with Crippen LogP contribution in [0.3, 0.4) is 0 Å². The van der Waals surface area contributed by atoms with Gasteiger partial charge in [0.05, 0.1) is 33.3 Å². The lowest BCUT2D eigenvalue weighted by molar-refractivity contribution is -0.917. The second-order valence-electron chi connectivity index (χ2n) is 7.52. The minimum absolute atomic E-state index is 0.0518. The first-order valence-electron chi connectivity index (χ1n) is 10.4. The third-order valence-electron chi connectivity index (χ3n) is 5.45. The van der Waals surface area contributed by atoms with E-state index in [-0.39, 0.29) is 5.91 Å². The number of nitrogens with one attached hydrogen (secondary N) is 1. The van der Waals surface area contributed by atoms with Crippen LogP contribution in [0.2, 0.25) is 0 Å². The lowest BCUT2D eigenvalue weighted by Gasteiger charge is -2.32. The topological polar surface area (TPSA) is 43.2 Å². The van der Waals surface area contributed by atoms with Crippen molar-refractivity contribution >= 4 is 12.0 Å². The average molecular weight is 408 g/mol. The van der Waals surface area contributed by atoms with E-state index in [1.807, 2.05) is 29.2 Å². The highest BCUT2D eigenvalue weighted by atomic mass is 16.5. The molecule has 0 atom stereocenters. The van der Waals surface area contributed by atoms with Gasteiger partial charge >= 0.3 is 0 Å². The van der Waals surface area contributed by atoms with Crippen LogP contribution in [-0.4, -0.2) is 50.7 Å². The molecule has 0 aliphatic carbocycles. The number of ether oxygens (including phenoxy) is 2. The van der Waals surface area contributed by atoms with Crippen LogP contribution >= 0.6 is 0 Å². The number of carbonyl (C=O) groups excluding carboxylic acids is 1. The SMILES string of the molecule is C=CCOc1ccc(/C=C/C(=O)N2CC[NH+](Cc3ccccc3C)CC2)cc1OC. The number of methoxy groups -OCH3 is 1. The fourth-order valence-corrected chi connectivity index (χ4v) is 3.63. The lowest BCUT2D eigenvalue weighted by atomic mass is 10.1. The molecule has 1 aliphatic rings. The van der Waals surface area contributed by atoms with Gasteiger partial charge in [-0.1, -0.05) is 43.0 Å². The Morgan fingerprint density at radius 2 is 1.93 bits per heavy atom. The molecule has 1 N–H and O–H groups in total. The van der Waals surface area contributed by atoms with E-state index >= 15 is 0 Å². The van der Waals surface area contributed by atoms with Crippen LogP contribution in [0.4, 0.5) is 0 Å². The molecule has 2 aromatic carbocycles. The summed E-state index contributed by atoms with van der Waals surface area (Å²) >= 11 is 0. The van der Waals surface area contributed by atoms with Crippen LogP contribution in [0.25, 0.3) is 6.08 Å². The van der Waals surface area contributed by atoms with E-state index in [4.69, 9.17) is 9.47 Å². The molecule has 5 nitrogen and oxygen atoms in total. The molecule has 1 amide bonds. The Labute approximate surface area is 179 Å². The van der Waals surface area contributed by atoms with Gasteiger partial charge in [-0.3, -0.25) is 4.79 Å². The van der Waals surface area contributed by atoms with E-state index in [9.17, 15) is 4.79 Å². The van der Waals surface area contributed by atoms with Gasteiger partial charge in [0.25, 0.3) is 0 Å². The average Bonchev–Trinajstić information content (AvgIpc) is 2.78. The van der Waals surface area contributed by atoms with E-state index in [2.05, 4.69) is 37.8 Å². The fraction of sp³-hybridized carbons (Fsp3) is 0.320. The normalized spacial score (nSPS) is 14.7. The van der Waals surface area contributed by atoms with Crippen LogP contribution in [-0.2, 0) is 11.3 Å². The van der Waals surface area contributed by atoms with Crippen molar-refractivity contribution in [2.45, 2.75) is 13.5 Å². The van der Waals surface area contributed by atoms with Gasteiger partial charge in [-0.05, 0) is 36.3 Å². The molecular weight excluding hydrogens is 376 g/mol. The van der Waals surface area contributed by atoms with Crippen molar-refractivity contribution in [3.63, 3.8) is 0 Å². The smallest absolute Gasteiger partial charge is 0.246 e. The highest BCUT2D eigenvalue weighted by Crippen LogP contribution is 2.28. The number of aryl methyl sites for hydroxylation is 1. The van der Waals surface area contributed by atoms with Crippen molar-refractivity contribution in [1.82, 2.24) is 4.90 Å². The number of benzene rings is 2. The van der Waals surface area contributed by atoms with Crippen LogP contribution in [0.1, 0.15) is 16.7 Å². The number of hydrogen-bond donors (Lipinski definition) is 1. The summed E-state index contributed by atoms with van der Waals surface area (Å²) in [7, 11) is 1.60. The molecule has 0 saturated carbocycles. The molecule has 3 rings (SSSR count). The number of rotatable bonds is 8. The van der Waals surface area contributed by atoms with Gasteiger partial charge in [-0.15, -0.1) is 0 Å². The summed E-state index contributed by atoms with van der Waals surface area (Å²) in [6.45, 7) is 10.7. The Morgan fingerprint density at radius 3 is 2.63 bits per heavy atom. The van der Waals surface area contributed by atoms with Crippen LogP contribution in [0.15, 0.2) is 61.2 Å². The van der Waals surface area contributed by atoms with Gasteiger partial charge in [0, 0.05) is 11.6 Å². The second kappa shape index (κ2) is 10.6. The number of nitrogens with zero attached hydrogens (tertiary/aromatic N) is 1. The minimum atomic E-state index is 0.0518. The molecule has 158 valence electrons. The van der Waals surface area contributed by atoms with Gasteiger partial charge in [0.1, 0.15) is 13.2 Å². The van der Waals surface area contributed by atoms with Crippen LogP contribution in [0, 0.1) is 6.92 Å². The third-order valence-corrected chi connectivity index (χ3v) is 5.45. The van der Waals surface area contributed by atoms with Crippen molar-refractivity contribution in [2.75, 3.05) is 39.9 Å². The zero-order chi connectivity index (χ0) is 21.3. The molecular formula is C25H31N2O3+. The summed E-state index contributed by atoms with van der Waals surface area (Å²) in [6, 6.07) is 14.2. The van der Waals surface area contributed by atoms with E-state index in [1.54, 1.807) is 19.3 Å². The van der Waals surface area contributed by atoms with Crippen molar-refractivity contribution in [2.24, 2.45) is 0 Å². The predicted molar refractivity (Wildman–Crippen MR) is 120 cm³/mol. The summed E-state index contributed by atoms with van der Waals surface area (Å²) in [4.78, 5) is 16.1. The number of amides is 1.